The van der Waals surface area contributed by atoms with Crippen LogP contribution < -0.4 is 0 Å². The molecule has 0 aromatic carbocycles. The lowest BCUT2D eigenvalue weighted by Crippen LogP contribution is -1.89. The number of hydrogen-bond acceptors (Lipinski definition) is 4. The number of Topliss-reactive ketones (excluding diaryl/α,β-unsaturated/α-hetero) is 1. The minimum Gasteiger partial charge on any atom is -0.294 e. The van der Waals surface area contributed by atoms with Crippen molar-refractivity contribution >= 4 is 28.5 Å². The molecule has 0 aliphatic carbocycles. The van der Waals surface area contributed by atoms with Crippen molar-refractivity contribution in [3.63, 3.8) is 0 Å². The maximum absolute atomic E-state index is 11.2. The quantitative estimate of drug-likeness (QED) is 0.730. The normalized spacial score (nSPS) is 10.4. The number of carbonyl (C=O) groups excluding carboxylic acids is 1. The van der Waals surface area contributed by atoms with E-state index in [1.807, 2.05) is 24.4 Å². The molecular weight excluding hydrogens is 214 g/mol. The van der Waals surface area contributed by atoms with Gasteiger partial charge < -0.3 is 0 Å². The summed E-state index contributed by atoms with van der Waals surface area (Å²) in [6.45, 7) is 3.46. The van der Waals surface area contributed by atoms with Crippen molar-refractivity contribution in [2.45, 2.75) is 13.8 Å². The third-order valence-corrected chi connectivity index (χ3v) is 4.15. The van der Waals surface area contributed by atoms with Gasteiger partial charge in [0, 0.05) is 6.92 Å². The third-order valence-electron chi connectivity index (χ3n) is 1.85. The van der Waals surface area contributed by atoms with Crippen molar-refractivity contribution in [3.8, 4) is 9.88 Å². The summed E-state index contributed by atoms with van der Waals surface area (Å²) in [6, 6.07) is 4.01. The van der Waals surface area contributed by atoms with Crippen LogP contribution in [0.15, 0.2) is 17.5 Å². The van der Waals surface area contributed by atoms with E-state index < -0.39 is 0 Å². The fourth-order valence-electron chi connectivity index (χ4n) is 1.23. The zero-order chi connectivity index (χ0) is 10.1. The van der Waals surface area contributed by atoms with Gasteiger partial charge in [-0.3, -0.25) is 4.79 Å². The Morgan fingerprint density at radius 1 is 1.50 bits per heavy atom. The molecule has 0 bridgehead atoms. The molecule has 2 nitrogen and oxygen atoms in total. The molecule has 0 atom stereocenters. The zero-order valence-electron chi connectivity index (χ0n) is 7.90. The van der Waals surface area contributed by atoms with Crippen LogP contribution in [-0.4, -0.2) is 10.8 Å². The second kappa shape index (κ2) is 3.63. The first-order chi connectivity index (χ1) is 6.68. The van der Waals surface area contributed by atoms with Crippen molar-refractivity contribution in [1.82, 2.24) is 4.98 Å². The molecule has 2 aromatic rings. The van der Waals surface area contributed by atoms with E-state index in [1.54, 1.807) is 18.3 Å². The van der Waals surface area contributed by atoms with Gasteiger partial charge in [-0.1, -0.05) is 6.07 Å². The minimum atomic E-state index is 0.0998. The molecule has 0 fully saturated rings. The smallest absolute Gasteiger partial charge is 0.171 e. The molecular formula is C10H9NOS2. The van der Waals surface area contributed by atoms with E-state index in [0.29, 0.717) is 0 Å². The van der Waals surface area contributed by atoms with Crippen molar-refractivity contribution < 1.29 is 4.79 Å². The predicted molar refractivity (Wildman–Crippen MR) is 60.2 cm³/mol. The lowest BCUT2D eigenvalue weighted by atomic mass is 10.3. The second-order valence-corrected chi connectivity index (χ2v) is 4.91. The Morgan fingerprint density at radius 3 is 2.79 bits per heavy atom. The molecule has 0 aliphatic rings. The number of aromatic nitrogens is 1. The van der Waals surface area contributed by atoms with Crippen LogP contribution in [0.4, 0.5) is 0 Å². The van der Waals surface area contributed by atoms with Crippen LogP contribution in [0.2, 0.25) is 0 Å². The van der Waals surface area contributed by atoms with Gasteiger partial charge >= 0.3 is 0 Å². The maximum Gasteiger partial charge on any atom is 0.171 e. The van der Waals surface area contributed by atoms with Gasteiger partial charge in [-0.05, 0) is 18.4 Å². The van der Waals surface area contributed by atoms with Gasteiger partial charge in [0.1, 0.15) is 5.01 Å². The molecule has 0 N–H and O–H groups in total. The summed E-state index contributed by atoms with van der Waals surface area (Å²) in [5.41, 5.74) is 0.839. The molecule has 0 radical (unpaired) electrons. The van der Waals surface area contributed by atoms with Gasteiger partial charge in [0.15, 0.2) is 5.78 Å². The zero-order valence-corrected chi connectivity index (χ0v) is 9.54. The van der Waals surface area contributed by atoms with E-state index >= 15 is 0 Å². The number of rotatable bonds is 2. The lowest BCUT2D eigenvalue weighted by molar-refractivity contribution is 0.102. The predicted octanol–water partition coefficient (Wildman–Crippen LogP) is 3.38. The van der Waals surface area contributed by atoms with E-state index in [1.165, 1.54) is 11.3 Å². The van der Waals surface area contributed by atoms with Crippen LogP contribution in [0.1, 0.15) is 22.3 Å². The van der Waals surface area contributed by atoms with Crippen molar-refractivity contribution in [1.29, 1.82) is 0 Å². The van der Waals surface area contributed by atoms with Crippen LogP contribution in [0.3, 0.4) is 0 Å². The molecule has 2 rings (SSSR count). The Hall–Kier alpha value is -1.00. The Morgan fingerprint density at radius 2 is 2.29 bits per heavy atom. The number of carbonyl (C=O) groups is 1. The van der Waals surface area contributed by atoms with Crippen molar-refractivity contribution in [2.75, 3.05) is 0 Å². The van der Waals surface area contributed by atoms with Gasteiger partial charge in [0.2, 0.25) is 0 Å². The topological polar surface area (TPSA) is 30.0 Å². The number of nitrogens with zero attached hydrogens (tertiary/aromatic N) is 1. The molecule has 0 aliphatic heterocycles. The molecule has 0 saturated carbocycles. The number of thiazole rings is 1. The Bertz CT molecular complexity index is 456. The molecule has 72 valence electrons. The first-order valence-corrected chi connectivity index (χ1v) is 5.90. The molecule has 0 spiro atoms. The molecule has 4 heteroatoms. The van der Waals surface area contributed by atoms with E-state index in [-0.39, 0.29) is 5.78 Å². The van der Waals surface area contributed by atoms with Gasteiger partial charge in [-0.25, -0.2) is 4.98 Å². The van der Waals surface area contributed by atoms with E-state index in [2.05, 4.69) is 4.98 Å². The molecule has 0 saturated heterocycles. The largest absolute Gasteiger partial charge is 0.294 e. The number of hydrogen-bond donors (Lipinski definition) is 0. The van der Waals surface area contributed by atoms with Crippen LogP contribution in [-0.2, 0) is 0 Å². The molecule has 0 unspecified atom stereocenters. The summed E-state index contributed by atoms with van der Waals surface area (Å²) in [6.07, 6.45) is 0. The Labute approximate surface area is 90.2 Å². The number of thiophene rings is 1. The average molecular weight is 223 g/mol. The summed E-state index contributed by atoms with van der Waals surface area (Å²) in [4.78, 5) is 17.5. The summed E-state index contributed by atoms with van der Waals surface area (Å²) >= 11 is 3.12. The van der Waals surface area contributed by atoms with Gasteiger partial charge in [-0.15, -0.1) is 22.7 Å². The van der Waals surface area contributed by atoms with E-state index in [0.717, 1.165) is 20.5 Å². The van der Waals surface area contributed by atoms with Crippen LogP contribution in [0.25, 0.3) is 9.88 Å². The summed E-state index contributed by atoms with van der Waals surface area (Å²) in [5.74, 6) is 0.0998. The number of aryl methyl sites for hydroxylation is 1. The molecule has 14 heavy (non-hydrogen) atoms. The molecule has 2 aromatic heterocycles. The Kier molecular flexibility index (Phi) is 2.48. The number of ketones is 1. The Balaban J connectivity index is 2.48. The summed E-state index contributed by atoms with van der Waals surface area (Å²) in [5, 5.41) is 2.96. The first kappa shape index (κ1) is 9.55. The standard InChI is InChI=1S/C10H9NOS2/c1-6-9(7(2)12)14-10(11-6)8-4-3-5-13-8/h3-5H,1-2H3. The maximum atomic E-state index is 11.2. The average Bonchev–Trinajstić information content (AvgIpc) is 2.70. The van der Waals surface area contributed by atoms with Gasteiger partial charge in [-0.2, -0.15) is 0 Å². The highest BCUT2D eigenvalue weighted by Crippen LogP contribution is 2.30. The van der Waals surface area contributed by atoms with Crippen LogP contribution in [0.5, 0.6) is 0 Å². The van der Waals surface area contributed by atoms with Crippen LogP contribution >= 0.6 is 22.7 Å². The van der Waals surface area contributed by atoms with Gasteiger partial charge in [0.05, 0.1) is 15.4 Å². The third kappa shape index (κ3) is 1.63. The van der Waals surface area contributed by atoms with Crippen molar-refractivity contribution in [2.24, 2.45) is 0 Å². The minimum absolute atomic E-state index is 0.0998. The fourth-order valence-corrected chi connectivity index (χ4v) is 2.99. The van der Waals surface area contributed by atoms with E-state index in [4.69, 9.17) is 0 Å². The lowest BCUT2D eigenvalue weighted by Gasteiger charge is -1.86. The van der Waals surface area contributed by atoms with Crippen molar-refractivity contribution in [3.05, 3.63) is 28.1 Å². The second-order valence-electron chi connectivity index (χ2n) is 2.97. The highest BCUT2D eigenvalue weighted by molar-refractivity contribution is 7.22. The highest BCUT2D eigenvalue weighted by Gasteiger charge is 2.12. The van der Waals surface area contributed by atoms with Gasteiger partial charge in [0.25, 0.3) is 0 Å². The first-order valence-electron chi connectivity index (χ1n) is 4.20. The van der Waals surface area contributed by atoms with E-state index in [9.17, 15) is 4.79 Å². The molecule has 2 heterocycles. The summed E-state index contributed by atoms with van der Waals surface area (Å²) in [7, 11) is 0. The van der Waals surface area contributed by atoms with Crippen LogP contribution in [0, 0.1) is 6.92 Å². The fraction of sp³-hybridized carbons (Fsp3) is 0.200. The molecule has 0 amide bonds. The summed E-state index contributed by atoms with van der Waals surface area (Å²) < 4.78 is 0. The SMILES string of the molecule is CC(=O)c1sc(-c2cccs2)nc1C. The monoisotopic (exact) mass is 223 g/mol. The highest BCUT2D eigenvalue weighted by atomic mass is 32.1.